The van der Waals surface area contributed by atoms with Crippen molar-refractivity contribution in [2.45, 2.75) is 39.2 Å². The lowest BCUT2D eigenvalue weighted by Gasteiger charge is -2.36. The van der Waals surface area contributed by atoms with Crippen LogP contribution < -0.4 is 0 Å². The van der Waals surface area contributed by atoms with Gasteiger partial charge in [-0.15, -0.1) is 11.3 Å². The maximum Gasteiger partial charge on any atom is 0.227 e. The van der Waals surface area contributed by atoms with E-state index in [1.807, 2.05) is 11.1 Å². The van der Waals surface area contributed by atoms with E-state index in [1.54, 1.807) is 11.3 Å². The predicted molar refractivity (Wildman–Crippen MR) is 117 cm³/mol. The van der Waals surface area contributed by atoms with Crippen LogP contribution in [-0.4, -0.2) is 60.1 Å². The van der Waals surface area contributed by atoms with Crippen LogP contribution in [0.2, 0.25) is 0 Å². The standard InChI is InChI=1S/C23H31N3O2S/c1-17(2)18-5-7-19(8-6-18)22-24-14-21(29-22)16-25-9-3-4-20(15-25)23(27)26-10-12-28-13-11-26/h5-8,14,17,20H,3-4,9-13,15-16H2,1-2H3. The first-order chi connectivity index (χ1) is 14.1. The van der Waals surface area contributed by atoms with Crippen molar-refractivity contribution >= 4 is 17.2 Å². The van der Waals surface area contributed by atoms with Gasteiger partial charge in [-0.25, -0.2) is 4.98 Å². The van der Waals surface area contributed by atoms with Gasteiger partial charge in [0.1, 0.15) is 5.01 Å². The maximum absolute atomic E-state index is 12.8. The molecule has 2 aliphatic heterocycles. The number of ether oxygens (including phenoxy) is 1. The molecule has 0 aliphatic carbocycles. The molecule has 1 atom stereocenters. The summed E-state index contributed by atoms with van der Waals surface area (Å²) >= 11 is 1.77. The highest BCUT2D eigenvalue weighted by molar-refractivity contribution is 7.15. The number of nitrogens with zero attached hydrogens (tertiary/aromatic N) is 3. The molecule has 29 heavy (non-hydrogen) atoms. The van der Waals surface area contributed by atoms with Gasteiger partial charge in [-0.05, 0) is 30.9 Å². The summed E-state index contributed by atoms with van der Waals surface area (Å²) in [6.45, 7) is 10.0. The third-order valence-electron chi connectivity index (χ3n) is 5.93. The molecule has 5 nitrogen and oxygen atoms in total. The van der Waals surface area contributed by atoms with E-state index in [2.05, 4.69) is 48.0 Å². The van der Waals surface area contributed by atoms with Gasteiger partial charge in [-0.3, -0.25) is 9.69 Å². The number of hydrogen-bond acceptors (Lipinski definition) is 5. The van der Waals surface area contributed by atoms with Gasteiger partial charge in [0.25, 0.3) is 0 Å². The Kier molecular flexibility index (Phi) is 6.63. The summed E-state index contributed by atoms with van der Waals surface area (Å²) in [5.74, 6) is 0.981. The average Bonchev–Trinajstić information content (AvgIpc) is 3.22. The minimum absolute atomic E-state index is 0.123. The molecule has 2 aromatic rings. The van der Waals surface area contributed by atoms with E-state index in [-0.39, 0.29) is 5.92 Å². The molecule has 2 fully saturated rings. The molecule has 1 amide bonds. The molecule has 0 bridgehead atoms. The predicted octanol–water partition coefficient (Wildman–Crippen LogP) is 4.00. The number of aromatic nitrogens is 1. The van der Waals surface area contributed by atoms with E-state index in [9.17, 15) is 4.79 Å². The van der Waals surface area contributed by atoms with Crippen LogP contribution in [0.4, 0.5) is 0 Å². The normalized spacial score (nSPS) is 20.9. The Labute approximate surface area is 177 Å². The second-order valence-electron chi connectivity index (χ2n) is 8.42. The molecule has 1 aromatic heterocycles. The number of benzene rings is 1. The highest BCUT2D eigenvalue weighted by atomic mass is 32.1. The van der Waals surface area contributed by atoms with Crippen LogP contribution in [0, 0.1) is 5.92 Å². The first-order valence-corrected chi connectivity index (χ1v) is 11.6. The minimum atomic E-state index is 0.123. The van der Waals surface area contributed by atoms with Crippen LogP contribution in [0.1, 0.15) is 43.0 Å². The summed E-state index contributed by atoms with van der Waals surface area (Å²) in [5.41, 5.74) is 2.54. The van der Waals surface area contributed by atoms with Gasteiger partial charge in [0.05, 0.1) is 19.1 Å². The van der Waals surface area contributed by atoms with Crippen LogP contribution in [0.3, 0.4) is 0 Å². The van der Waals surface area contributed by atoms with Crippen molar-refractivity contribution in [3.05, 3.63) is 40.9 Å². The van der Waals surface area contributed by atoms with Gasteiger partial charge in [0.2, 0.25) is 5.91 Å². The number of hydrogen-bond donors (Lipinski definition) is 0. The molecule has 6 heteroatoms. The Hall–Kier alpha value is -1.76. The number of carbonyl (C=O) groups is 1. The largest absolute Gasteiger partial charge is 0.378 e. The zero-order valence-corrected chi connectivity index (χ0v) is 18.3. The summed E-state index contributed by atoms with van der Waals surface area (Å²) in [6, 6.07) is 8.76. The Morgan fingerprint density at radius 3 is 2.69 bits per heavy atom. The van der Waals surface area contributed by atoms with Gasteiger partial charge in [-0.2, -0.15) is 0 Å². The third kappa shape index (κ3) is 5.05. The van der Waals surface area contributed by atoms with E-state index >= 15 is 0 Å². The van der Waals surface area contributed by atoms with E-state index in [1.165, 1.54) is 16.0 Å². The summed E-state index contributed by atoms with van der Waals surface area (Å²) in [6.07, 6.45) is 4.09. The molecular formula is C23H31N3O2S. The zero-order valence-electron chi connectivity index (χ0n) is 17.5. The molecule has 0 saturated carbocycles. The van der Waals surface area contributed by atoms with Crippen molar-refractivity contribution in [1.82, 2.24) is 14.8 Å². The zero-order chi connectivity index (χ0) is 20.2. The van der Waals surface area contributed by atoms with Gasteiger partial charge < -0.3 is 9.64 Å². The van der Waals surface area contributed by atoms with Crippen LogP contribution in [-0.2, 0) is 16.1 Å². The molecule has 0 spiro atoms. The third-order valence-corrected chi connectivity index (χ3v) is 6.97. The number of rotatable bonds is 5. The summed E-state index contributed by atoms with van der Waals surface area (Å²) in [5, 5.41) is 1.08. The van der Waals surface area contributed by atoms with Crippen molar-refractivity contribution in [1.29, 1.82) is 0 Å². The van der Waals surface area contributed by atoms with Crippen molar-refractivity contribution in [2.24, 2.45) is 5.92 Å². The molecular weight excluding hydrogens is 382 g/mol. The maximum atomic E-state index is 12.8. The molecule has 4 rings (SSSR count). The number of piperidine rings is 1. The minimum Gasteiger partial charge on any atom is -0.378 e. The summed E-state index contributed by atoms with van der Waals surface area (Å²) < 4.78 is 5.38. The number of likely N-dealkylation sites (tertiary alicyclic amines) is 1. The average molecular weight is 414 g/mol. The summed E-state index contributed by atoms with van der Waals surface area (Å²) in [7, 11) is 0. The Balaban J connectivity index is 1.36. The van der Waals surface area contributed by atoms with Crippen molar-refractivity contribution < 1.29 is 9.53 Å². The molecule has 156 valence electrons. The second-order valence-corrected chi connectivity index (χ2v) is 9.54. The molecule has 1 aromatic carbocycles. The number of amides is 1. The first-order valence-electron chi connectivity index (χ1n) is 10.7. The number of thiazole rings is 1. The Morgan fingerprint density at radius 1 is 1.21 bits per heavy atom. The number of carbonyl (C=O) groups excluding carboxylic acids is 1. The van der Waals surface area contributed by atoms with Crippen LogP contribution in [0.5, 0.6) is 0 Å². The summed E-state index contributed by atoms with van der Waals surface area (Å²) in [4.78, 5) is 23.2. The molecule has 0 N–H and O–H groups in total. The molecule has 1 unspecified atom stereocenters. The van der Waals surface area contributed by atoms with E-state index in [0.717, 1.165) is 50.6 Å². The Morgan fingerprint density at radius 2 is 1.97 bits per heavy atom. The smallest absolute Gasteiger partial charge is 0.227 e. The second kappa shape index (κ2) is 9.37. The van der Waals surface area contributed by atoms with Gasteiger partial charge in [0, 0.05) is 42.8 Å². The lowest BCUT2D eigenvalue weighted by atomic mass is 9.96. The molecule has 2 saturated heterocycles. The van der Waals surface area contributed by atoms with Crippen LogP contribution in [0.25, 0.3) is 10.6 Å². The fourth-order valence-electron chi connectivity index (χ4n) is 4.19. The van der Waals surface area contributed by atoms with E-state index in [4.69, 9.17) is 4.74 Å². The first kappa shape index (κ1) is 20.5. The van der Waals surface area contributed by atoms with Crippen molar-refractivity contribution in [3.63, 3.8) is 0 Å². The fraction of sp³-hybridized carbons (Fsp3) is 0.565. The molecule has 3 heterocycles. The van der Waals surface area contributed by atoms with Crippen LogP contribution in [0.15, 0.2) is 30.5 Å². The highest BCUT2D eigenvalue weighted by Crippen LogP contribution is 2.29. The SMILES string of the molecule is CC(C)c1ccc(-c2ncc(CN3CCCC(C(=O)N4CCOCC4)C3)s2)cc1. The van der Waals surface area contributed by atoms with Gasteiger partial charge in [0.15, 0.2) is 0 Å². The van der Waals surface area contributed by atoms with Gasteiger partial charge >= 0.3 is 0 Å². The fourth-order valence-corrected chi connectivity index (χ4v) is 5.15. The number of morpholine rings is 1. The van der Waals surface area contributed by atoms with Crippen molar-refractivity contribution in [3.8, 4) is 10.6 Å². The van der Waals surface area contributed by atoms with Crippen LogP contribution >= 0.6 is 11.3 Å². The van der Waals surface area contributed by atoms with E-state index in [0.29, 0.717) is 25.0 Å². The monoisotopic (exact) mass is 413 g/mol. The van der Waals surface area contributed by atoms with Gasteiger partial charge in [-0.1, -0.05) is 38.1 Å². The molecule has 2 aliphatic rings. The van der Waals surface area contributed by atoms with Crippen molar-refractivity contribution in [2.75, 3.05) is 39.4 Å². The lowest BCUT2D eigenvalue weighted by molar-refractivity contribution is -0.141. The molecule has 0 radical (unpaired) electrons. The highest BCUT2D eigenvalue weighted by Gasteiger charge is 2.30. The lowest BCUT2D eigenvalue weighted by Crippen LogP contribution is -2.48. The quantitative estimate of drug-likeness (QED) is 0.743. The van der Waals surface area contributed by atoms with E-state index < -0.39 is 0 Å². The Bertz CT molecular complexity index is 812. The topological polar surface area (TPSA) is 45.7 Å².